The molecular formula is C14H18N4O3. The van der Waals surface area contributed by atoms with Crippen molar-refractivity contribution in [3.05, 3.63) is 24.3 Å². The average Bonchev–Trinajstić information content (AvgIpc) is 2.46. The van der Waals surface area contributed by atoms with E-state index in [1.807, 2.05) is 0 Å². The van der Waals surface area contributed by atoms with Gasteiger partial charge in [0.05, 0.1) is 0 Å². The van der Waals surface area contributed by atoms with E-state index in [9.17, 15) is 14.4 Å². The minimum atomic E-state index is -0.552. The molecule has 1 aromatic rings. The first-order valence-electron chi connectivity index (χ1n) is 6.67. The van der Waals surface area contributed by atoms with Crippen LogP contribution in [0.2, 0.25) is 0 Å². The van der Waals surface area contributed by atoms with Crippen LogP contribution in [0.4, 0.5) is 11.4 Å². The molecule has 112 valence electrons. The van der Waals surface area contributed by atoms with Crippen LogP contribution < -0.4 is 11.1 Å². The van der Waals surface area contributed by atoms with Crippen molar-refractivity contribution in [2.75, 3.05) is 37.7 Å². The predicted molar refractivity (Wildman–Crippen MR) is 78.3 cm³/mol. The number of likely N-dealkylation sites (N-methyl/N-ethyl adjacent to an activating group) is 1. The smallest absolute Gasteiger partial charge is 0.312 e. The molecular weight excluding hydrogens is 272 g/mol. The van der Waals surface area contributed by atoms with Crippen LogP contribution in [-0.2, 0) is 14.4 Å². The van der Waals surface area contributed by atoms with Crippen LogP contribution in [0.5, 0.6) is 0 Å². The Morgan fingerprint density at radius 2 is 1.86 bits per heavy atom. The number of piperazine rings is 1. The molecule has 1 fully saturated rings. The molecule has 1 aliphatic rings. The van der Waals surface area contributed by atoms with Gasteiger partial charge in [0, 0.05) is 44.5 Å². The molecule has 1 aliphatic heterocycles. The van der Waals surface area contributed by atoms with E-state index >= 15 is 0 Å². The molecule has 3 amide bonds. The van der Waals surface area contributed by atoms with Crippen LogP contribution in [-0.4, -0.2) is 54.2 Å². The highest BCUT2D eigenvalue weighted by Gasteiger charge is 2.30. The summed E-state index contributed by atoms with van der Waals surface area (Å²) in [5.74, 6) is -1.29. The van der Waals surface area contributed by atoms with Gasteiger partial charge in [-0.15, -0.1) is 0 Å². The fourth-order valence-electron chi connectivity index (χ4n) is 2.01. The highest BCUT2D eigenvalue weighted by molar-refractivity contribution is 6.35. The highest BCUT2D eigenvalue weighted by atomic mass is 16.2. The van der Waals surface area contributed by atoms with Gasteiger partial charge in [0.1, 0.15) is 0 Å². The molecule has 3 N–H and O–H groups in total. The molecule has 7 heteroatoms. The van der Waals surface area contributed by atoms with Crippen LogP contribution in [0.1, 0.15) is 6.42 Å². The number of nitrogens with zero attached hydrogens (tertiary/aromatic N) is 2. The second-order valence-electron chi connectivity index (χ2n) is 4.94. The van der Waals surface area contributed by atoms with Crippen molar-refractivity contribution < 1.29 is 14.4 Å². The van der Waals surface area contributed by atoms with Gasteiger partial charge < -0.3 is 20.9 Å². The Morgan fingerprint density at radius 3 is 2.52 bits per heavy atom. The minimum absolute atomic E-state index is 0.146. The molecule has 2 rings (SSSR count). The van der Waals surface area contributed by atoms with Gasteiger partial charge in [-0.05, 0) is 24.3 Å². The average molecular weight is 290 g/mol. The molecule has 21 heavy (non-hydrogen) atoms. The summed E-state index contributed by atoms with van der Waals surface area (Å²) in [5.41, 5.74) is 6.83. The number of rotatable bonds is 4. The maximum atomic E-state index is 11.8. The largest absolute Gasteiger partial charge is 0.399 e. The summed E-state index contributed by atoms with van der Waals surface area (Å²) in [7, 11) is 1.59. The fraction of sp³-hybridized carbons (Fsp3) is 0.357. The van der Waals surface area contributed by atoms with Crippen LogP contribution in [0.25, 0.3) is 0 Å². The van der Waals surface area contributed by atoms with Crippen molar-refractivity contribution in [3.8, 4) is 0 Å². The Labute approximate surface area is 122 Å². The first-order valence-corrected chi connectivity index (χ1v) is 6.67. The van der Waals surface area contributed by atoms with E-state index in [-0.39, 0.29) is 18.9 Å². The molecule has 1 heterocycles. The standard InChI is InChI=1S/C14H18N4O3/c1-17-8-9-18(14(21)13(17)20)7-6-12(19)16-11-4-2-10(15)3-5-11/h2-5H,6-9,15H2,1H3,(H,16,19). The molecule has 7 nitrogen and oxygen atoms in total. The van der Waals surface area contributed by atoms with Crippen molar-refractivity contribution in [1.82, 2.24) is 9.80 Å². The van der Waals surface area contributed by atoms with E-state index in [0.717, 1.165) is 0 Å². The zero-order valence-electron chi connectivity index (χ0n) is 11.8. The Kier molecular flexibility index (Phi) is 4.42. The molecule has 0 spiro atoms. The van der Waals surface area contributed by atoms with E-state index in [4.69, 9.17) is 5.73 Å². The lowest BCUT2D eigenvalue weighted by Gasteiger charge is -2.31. The van der Waals surface area contributed by atoms with E-state index < -0.39 is 11.8 Å². The number of anilines is 2. The maximum absolute atomic E-state index is 11.8. The topological polar surface area (TPSA) is 95.7 Å². The molecule has 0 bridgehead atoms. The first-order chi connectivity index (χ1) is 9.97. The van der Waals surface area contributed by atoms with E-state index in [0.29, 0.717) is 24.5 Å². The minimum Gasteiger partial charge on any atom is -0.399 e. The highest BCUT2D eigenvalue weighted by Crippen LogP contribution is 2.11. The number of nitrogens with one attached hydrogen (secondary N) is 1. The van der Waals surface area contributed by atoms with Gasteiger partial charge in [0.15, 0.2) is 0 Å². The van der Waals surface area contributed by atoms with E-state index in [1.54, 1.807) is 31.3 Å². The monoisotopic (exact) mass is 290 g/mol. The van der Waals surface area contributed by atoms with Crippen molar-refractivity contribution in [3.63, 3.8) is 0 Å². The van der Waals surface area contributed by atoms with Gasteiger partial charge in [-0.2, -0.15) is 0 Å². The summed E-state index contributed by atoms with van der Waals surface area (Å²) in [6.45, 7) is 1.18. The Morgan fingerprint density at radius 1 is 1.19 bits per heavy atom. The van der Waals surface area contributed by atoms with Crippen LogP contribution in [0.15, 0.2) is 24.3 Å². The van der Waals surface area contributed by atoms with Gasteiger partial charge in [0.2, 0.25) is 5.91 Å². The third-order valence-corrected chi connectivity index (χ3v) is 3.33. The second-order valence-corrected chi connectivity index (χ2v) is 4.94. The summed E-state index contributed by atoms with van der Waals surface area (Å²) < 4.78 is 0. The molecule has 0 radical (unpaired) electrons. The summed E-state index contributed by atoms with van der Waals surface area (Å²) in [6, 6.07) is 6.80. The molecule has 0 aliphatic carbocycles. The maximum Gasteiger partial charge on any atom is 0.312 e. The molecule has 0 atom stereocenters. The van der Waals surface area contributed by atoms with Crippen molar-refractivity contribution >= 4 is 29.1 Å². The summed E-state index contributed by atoms with van der Waals surface area (Å²) in [4.78, 5) is 37.9. The SMILES string of the molecule is CN1CCN(CCC(=O)Nc2ccc(N)cc2)C(=O)C1=O. The lowest BCUT2D eigenvalue weighted by Crippen LogP contribution is -2.53. The summed E-state index contributed by atoms with van der Waals surface area (Å²) >= 11 is 0. The second kappa shape index (κ2) is 6.25. The number of nitrogen functional groups attached to an aromatic ring is 1. The Balaban J connectivity index is 1.82. The van der Waals surface area contributed by atoms with E-state index in [2.05, 4.69) is 5.32 Å². The van der Waals surface area contributed by atoms with E-state index in [1.165, 1.54) is 9.80 Å². The van der Waals surface area contributed by atoms with Crippen molar-refractivity contribution in [1.29, 1.82) is 0 Å². The molecule has 1 aromatic carbocycles. The van der Waals surface area contributed by atoms with Gasteiger partial charge >= 0.3 is 11.8 Å². The quantitative estimate of drug-likeness (QED) is 0.598. The van der Waals surface area contributed by atoms with Crippen molar-refractivity contribution in [2.24, 2.45) is 0 Å². The lowest BCUT2D eigenvalue weighted by molar-refractivity contribution is -0.155. The lowest BCUT2D eigenvalue weighted by atomic mass is 10.2. The van der Waals surface area contributed by atoms with Crippen LogP contribution in [0.3, 0.4) is 0 Å². The van der Waals surface area contributed by atoms with Gasteiger partial charge in [-0.25, -0.2) is 0 Å². The molecule has 1 saturated heterocycles. The molecule has 0 unspecified atom stereocenters. The number of carbonyl (C=O) groups is 3. The van der Waals surface area contributed by atoms with Gasteiger partial charge in [-0.1, -0.05) is 0 Å². The zero-order valence-corrected chi connectivity index (χ0v) is 11.8. The number of amides is 3. The number of hydrogen-bond donors (Lipinski definition) is 2. The number of carbonyl (C=O) groups excluding carboxylic acids is 3. The van der Waals surface area contributed by atoms with Crippen LogP contribution in [0, 0.1) is 0 Å². The fourth-order valence-corrected chi connectivity index (χ4v) is 2.01. The normalized spacial score (nSPS) is 15.3. The van der Waals surface area contributed by atoms with Gasteiger partial charge in [-0.3, -0.25) is 14.4 Å². The number of hydrogen-bond acceptors (Lipinski definition) is 4. The summed E-state index contributed by atoms with van der Waals surface area (Å²) in [5, 5.41) is 2.72. The molecule has 0 aromatic heterocycles. The summed E-state index contributed by atoms with van der Waals surface area (Å²) in [6.07, 6.45) is 0.146. The van der Waals surface area contributed by atoms with Crippen LogP contribution >= 0.6 is 0 Å². The van der Waals surface area contributed by atoms with Gasteiger partial charge in [0.25, 0.3) is 0 Å². The third kappa shape index (κ3) is 3.71. The number of nitrogens with two attached hydrogens (primary N) is 1. The third-order valence-electron chi connectivity index (χ3n) is 3.33. The molecule has 0 saturated carbocycles. The zero-order chi connectivity index (χ0) is 15.4. The Hall–Kier alpha value is -2.57. The Bertz CT molecular complexity index is 556. The number of benzene rings is 1. The first kappa shape index (κ1) is 14.8. The predicted octanol–water partition coefficient (Wildman–Crippen LogP) is -0.102. The van der Waals surface area contributed by atoms with Crippen molar-refractivity contribution in [2.45, 2.75) is 6.42 Å².